The molecule has 0 spiro atoms. The Labute approximate surface area is 476 Å². The molecule has 2 aliphatic carbocycles. The number of H-pyrrole nitrogens is 2. The second-order valence-corrected chi connectivity index (χ2v) is 25.0. The van der Waals surface area contributed by atoms with Crippen molar-refractivity contribution in [3.05, 3.63) is 92.8 Å². The molecule has 3 aromatic carbocycles. The number of rotatable bonds is 19. The predicted molar refractivity (Wildman–Crippen MR) is 281 cm³/mol. The molecule has 8 rings (SSSR count). The van der Waals surface area contributed by atoms with Crippen LogP contribution in [0, 0.1) is 11.8 Å². The molecule has 3 heterocycles. The first kappa shape index (κ1) is 63.8. The molecule has 4 aromatic rings. The summed E-state index contributed by atoms with van der Waals surface area (Å²) in [5.74, 6) is -7.13. The van der Waals surface area contributed by atoms with E-state index < -0.39 is 213 Å². The third-order valence-electron chi connectivity index (χ3n) is 14.9. The van der Waals surface area contributed by atoms with Gasteiger partial charge in [-0.05, 0) is 73.9 Å². The van der Waals surface area contributed by atoms with Gasteiger partial charge in [0.15, 0.2) is 24.8 Å². The quantitative estimate of drug-likeness (QED) is 0.0388. The minimum atomic E-state index is -5.59. The number of esters is 1. The summed E-state index contributed by atoms with van der Waals surface area (Å²) in [6.45, 7) is 0.212. The molecule has 4 fully saturated rings. The van der Waals surface area contributed by atoms with E-state index in [1.54, 1.807) is 6.07 Å². The number of carbonyl (C=O) groups excluding carboxylic acids is 3. The van der Waals surface area contributed by atoms with Gasteiger partial charge in [-0.25, -0.2) is 14.4 Å². The van der Waals surface area contributed by atoms with Crippen molar-refractivity contribution in [3.8, 4) is 0 Å². The standard InChI is InChI=1S/C50H60N4O27S3/c1-21-37(57)39(59)40(60)48(76-21)81-41-29(52-45(62)30-19-35(56)54-50(66)53-30)15-25(44(61)51-28-17-26(82(67,68)69)13-24-14-27(83(70,71)72)18-34(36(24)28)84(73,74)75)16-31(41)78-49-43(80-47(65)23-10-6-3-7-11-23)42(38(58)33(20-55)79-49)77-32(46(63)64)12-22-8-4-2-5-9-22/h3,6-7,10-11,13-14,17-19,21-22,25,29,31-33,37-43,48-49,55,57-60H,2,4-5,8-9,12,15-16,20H2,1H3,(H,51,61)(H,52,62)(H,63,64)(H,67,68,69)(H,70,71,72)(H,73,74,75)(H2,53,54,56,66)/t21?,25?,29?,31?,32-,33?,37?,38?,39?,40?,41?,42?,43?,48?,49?/m0/s1. The van der Waals surface area contributed by atoms with Crippen LogP contribution in [0.2, 0.25) is 0 Å². The topological polar surface area (TPSA) is 498 Å². The number of anilines is 1. The zero-order chi connectivity index (χ0) is 61.3. The molecule has 460 valence electrons. The molecule has 13 N–H and O–H groups in total. The number of benzene rings is 3. The van der Waals surface area contributed by atoms with Gasteiger partial charge >= 0.3 is 17.6 Å². The second kappa shape index (κ2) is 25.8. The van der Waals surface area contributed by atoms with Gasteiger partial charge in [0.1, 0.15) is 53.3 Å². The van der Waals surface area contributed by atoms with Crippen LogP contribution in [-0.2, 0) is 68.4 Å². The van der Waals surface area contributed by atoms with Crippen LogP contribution in [0.25, 0.3) is 10.8 Å². The Hall–Kier alpha value is -6.19. The average Bonchev–Trinajstić information content (AvgIpc) is 2.63. The van der Waals surface area contributed by atoms with Gasteiger partial charge < -0.3 is 74.7 Å². The highest BCUT2D eigenvalue weighted by molar-refractivity contribution is 7.87. The Balaban J connectivity index is 1.28. The Morgan fingerprint density at radius 3 is 2.00 bits per heavy atom. The molecule has 31 nitrogen and oxygen atoms in total. The number of aliphatic hydroxyl groups excluding tert-OH is 5. The third-order valence-corrected chi connectivity index (χ3v) is 17.5. The summed E-state index contributed by atoms with van der Waals surface area (Å²) >= 11 is 0. The molecular formula is C50H60N4O27S3. The number of aliphatic carboxylic acids is 1. The Bertz CT molecular complexity index is 3550. The summed E-state index contributed by atoms with van der Waals surface area (Å²) in [5.41, 5.74) is -3.97. The van der Waals surface area contributed by atoms with Gasteiger partial charge in [0.25, 0.3) is 41.8 Å². The van der Waals surface area contributed by atoms with E-state index >= 15 is 4.79 Å². The fourth-order valence-electron chi connectivity index (χ4n) is 10.8. The van der Waals surface area contributed by atoms with E-state index in [4.69, 9.17) is 28.4 Å². The minimum Gasteiger partial charge on any atom is -0.479 e. The molecule has 0 bridgehead atoms. The monoisotopic (exact) mass is 1240 g/mol. The number of amides is 2. The number of fused-ring (bicyclic) bond motifs is 1. The molecule has 4 aliphatic rings. The number of hydrogen-bond acceptors (Lipinski definition) is 23. The lowest BCUT2D eigenvalue weighted by Gasteiger charge is -2.48. The number of aromatic nitrogens is 2. The van der Waals surface area contributed by atoms with Gasteiger partial charge in [-0.3, -0.25) is 33.0 Å². The molecule has 2 amide bonds. The second-order valence-electron chi connectivity index (χ2n) is 20.7. The first-order valence-corrected chi connectivity index (χ1v) is 30.3. The number of aromatic amines is 2. The third kappa shape index (κ3) is 14.7. The van der Waals surface area contributed by atoms with Gasteiger partial charge in [0.05, 0.1) is 45.9 Å². The minimum absolute atomic E-state index is 0.0954. The van der Waals surface area contributed by atoms with E-state index in [1.807, 2.05) is 4.98 Å². The van der Waals surface area contributed by atoms with Gasteiger partial charge in [-0.2, -0.15) is 25.3 Å². The molecule has 0 radical (unpaired) electrons. The summed E-state index contributed by atoms with van der Waals surface area (Å²) in [6, 6.07) is 7.83. The van der Waals surface area contributed by atoms with Crippen molar-refractivity contribution in [1.82, 2.24) is 15.3 Å². The van der Waals surface area contributed by atoms with Crippen LogP contribution >= 0.6 is 0 Å². The number of hydrogen-bond donors (Lipinski definition) is 13. The first-order valence-electron chi connectivity index (χ1n) is 26.0. The maximum atomic E-state index is 15.0. The number of aliphatic hydroxyl groups is 5. The molecule has 15 atom stereocenters. The number of ether oxygens (including phenoxy) is 6. The molecule has 2 saturated carbocycles. The van der Waals surface area contributed by atoms with Crippen LogP contribution in [-0.4, -0.2) is 196 Å². The van der Waals surface area contributed by atoms with Crippen LogP contribution < -0.4 is 21.9 Å². The van der Waals surface area contributed by atoms with Crippen molar-refractivity contribution in [1.29, 1.82) is 0 Å². The smallest absolute Gasteiger partial charge is 0.338 e. The average molecular weight is 1250 g/mol. The van der Waals surface area contributed by atoms with Crippen molar-refractivity contribution >= 4 is 70.6 Å². The fourth-order valence-corrected chi connectivity index (χ4v) is 12.7. The highest BCUT2D eigenvalue weighted by atomic mass is 32.2. The van der Waals surface area contributed by atoms with Crippen LogP contribution in [0.5, 0.6) is 0 Å². The number of carbonyl (C=O) groups is 4. The normalized spacial score (nSPS) is 29.3. The van der Waals surface area contributed by atoms with E-state index in [0.717, 1.165) is 19.3 Å². The zero-order valence-corrected chi connectivity index (χ0v) is 46.4. The summed E-state index contributed by atoms with van der Waals surface area (Å²) in [7, 11) is -16.3. The van der Waals surface area contributed by atoms with Crippen LogP contribution in [0.3, 0.4) is 0 Å². The molecule has 2 aliphatic heterocycles. The van der Waals surface area contributed by atoms with E-state index in [2.05, 4.69) is 15.6 Å². The number of nitrogens with one attached hydrogen (secondary N) is 4. The molecule has 84 heavy (non-hydrogen) atoms. The lowest BCUT2D eigenvalue weighted by Crippen LogP contribution is -2.65. The van der Waals surface area contributed by atoms with Crippen LogP contribution in [0.1, 0.15) is 79.1 Å². The van der Waals surface area contributed by atoms with Crippen molar-refractivity contribution in [3.63, 3.8) is 0 Å². The lowest BCUT2D eigenvalue weighted by molar-refractivity contribution is -0.347. The predicted octanol–water partition coefficient (Wildman–Crippen LogP) is -1.19. The van der Waals surface area contributed by atoms with E-state index in [-0.39, 0.29) is 24.0 Å². The van der Waals surface area contributed by atoms with E-state index in [0.29, 0.717) is 37.1 Å². The van der Waals surface area contributed by atoms with Crippen LogP contribution in [0.15, 0.2) is 84.9 Å². The zero-order valence-electron chi connectivity index (χ0n) is 44.0. The van der Waals surface area contributed by atoms with Crippen LogP contribution in [0.4, 0.5) is 5.69 Å². The molecule has 14 unspecified atom stereocenters. The largest absolute Gasteiger partial charge is 0.479 e. The van der Waals surface area contributed by atoms with Gasteiger partial charge in [-0.15, -0.1) is 0 Å². The fraction of sp³-hybridized carbons (Fsp3) is 0.520. The highest BCUT2D eigenvalue weighted by Gasteiger charge is 2.55. The van der Waals surface area contributed by atoms with E-state index in [9.17, 15) is 93.5 Å². The number of carboxylic acids is 1. The molecule has 34 heteroatoms. The Kier molecular flexibility index (Phi) is 19.6. The van der Waals surface area contributed by atoms with Crippen molar-refractivity contribution in [2.75, 3.05) is 11.9 Å². The summed E-state index contributed by atoms with van der Waals surface area (Å²) in [6.07, 6.45) is -22.6. The lowest BCUT2D eigenvalue weighted by atomic mass is 9.80. The summed E-state index contributed by atoms with van der Waals surface area (Å²) < 4.78 is 143. The first-order chi connectivity index (χ1) is 39.4. The van der Waals surface area contributed by atoms with Crippen molar-refractivity contribution in [2.45, 2.75) is 159 Å². The van der Waals surface area contributed by atoms with E-state index in [1.165, 1.54) is 31.2 Å². The number of carboxylic acid groups (broad SMARTS) is 1. The summed E-state index contributed by atoms with van der Waals surface area (Å²) in [4.78, 5) is 81.5. The molecule has 2 saturated heterocycles. The SMILES string of the molecule is CC1OC(OC2C(NC(=O)c3cc(=O)[nH]c(=O)[nH]3)CC(C(=O)Nc3cc(S(=O)(=O)O)cc4cc(S(=O)(=O)O)cc(S(=O)(=O)O)c34)CC2OC2OC(CO)C(O)C(O[C@@H](CC3CCCCC3)C(=O)O)C2OC(=O)c2ccccc2)C(O)C(O)C1O. The van der Waals surface area contributed by atoms with Gasteiger partial charge in [-0.1, -0.05) is 50.3 Å². The van der Waals surface area contributed by atoms with Gasteiger partial charge in [0.2, 0.25) is 5.91 Å². The highest BCUT2D eigenvalue weighted by Crippen LogP contribution is 2.40. The summed E-state index contributed by atoms with van der Waals surface area (Å²) in [5, 5.41) is 69.2. The van der Waals surface area contributed by atoms with Crippen molar-refractivity contribution in [2.24, 2.45) is 11.8 Å². The molecule has 1 aromatic heterocycles. The Morgan fingerprint density at radius 2 is 1.39 bits per heavy atom. The van der Waals surface area contributed by atoms with Crippen molar-refractivity contribution < 1.29 is 117 Å². The Morgan fingerprint density at radius 1 is 0.738 bits per heavy atom. The molecular weight excluding hydrogens is 1180 g/mol. The maximum absolute atomic E-state index is 15.0. The van der Waals surface area contributed by atoms with Gasteiger partial charge in [0, 0.05) is 17.4 Å². The maximum Gasteiger partial charge on any atom is 0.338 e.